The standard InChI is InChI=1S/C12H17N3O3S/c1-2-18-12(16)10-7-9(13)8-14-11(10)15-3-5-19(17)6-4-15/h7-8H,2-6,13H2,1H3. The lowest BCUT2D eigenvalue weighted by molar-refractivity contribution is 0.0526. The van der Waals surface area contributed by atoms with Crippen LogP contribution in [0.5, 0.6) is 0 Å². The quantitative estimate of drug-likeness (QED) is 0.809. The Labute approximate surface area is 114 Å². The summed E-state index contributed by atoms with van der Waals surface area (Å²) in [5.74, 6) is 1.32. The second kappa shape index (κ2) is 6.01. The third-order valence-corrected chi connectivity index (χ3v) is 4.14. The van der Waals surface area contributed by atoms with Crippen LogP contribution in [0.25, 0.3) is 0 Å². The summed E-state index contributed by atoms with van der Waals surface area (Å²) in [7, 11) is -0.770. The molecule has 2 heterocycles. The molecule has 0 atom stereocenters. The molecule has 1 fully saturated rings. The average molecular weight is 283 g/mol. The van der Waals surface area contributed by atoms with Gasteiger partial charge in [-0.2, -0.15) is 0 Å². The van der Waals surface area contributed by atoms with Crippen molar-refractivity contribution in [3.8, 4) is 0 Å². The lowest BCUT2D eigenvalue weighted by Gasteiger charge is -2.28. The van der Waals surface area contributed by atoms with Gasteiger partial charge in [-0.05, 0) is 13.0 Å². The molecule has 1 aromatic rings. The van der Waals surface area contributed by atoms with Gasteiger partial charge in [0.05, 0.1) is 18.5 Å². The van der Waals surface area contributed by atoms with Gasteiger partial charge in [-0.3, -0.25) is 4.21 Å². The van der Waals surface area contributed by atoms with Crippen molar-refractivity contribution in [1.29, 1.82) is 0 Å². The number of esters is 1. The number of anilines is 2. The highest BCUT2D eigenvalue weighted by atomic mass is 32.2. The lowest BCUT2D eigenvalue weighted by Crippen LogP contribution is -2.39. The Morgan fingerprint density at radius 1 is 1.53 bits per heavy atom. The number of hydrogen-bond acceptors (Lipinski definition) is 6. The lowest BCUT2D eigenvalue weighted by atomic mass is 10.2. The van der Waals surface area contributed by atoms with Crippen LogP contribution >= 0.6 is 0 Å². The molecule has 0 aliphatic carbocycles. The van der Waals surface area contributed by atoms with Gasteiger partial charge < -0.3 is 15.4 Å². The highest BCUT2D eigenvalue weighted by Crippen LogP contribution is 2.22. The minimum absolute atomic E-state index is 0.303. The molecule has 0 saturated carbocycles. The summed E-state index contributed by atoms with van der Waals surface area (Å²) in [6, 6.07) is 1.58. The maximum absolute atomic E-state index is 11.9. The molecule has 0 spiro atoms. The fourth-order valence-corrected chi connectivity index (χ4v) is 2.99. The predicted octanol–water partition coefficient (Wildman–Crippen LogP) is 0.409. The zero-order chi connectivity index (χ0) is 13.8. The van der Waals surface area contributed by atoms with Crippen LogP contribution in [0.1, 0.15) is 17.3 Å². The Kier molecular flexibility index (Phi) is 4.36. The third-order valence-electron chi connectivity index (χ3n) is 2.86. The first-order valence-corrected chi connectivity index (χ1v) is 7.63. The number of aromatic nitrogens is 1. The second-order valence-electron chi connectivity index (χ2n) is 4.20. The molecule has 7 heteroatoms. The molecule has 2 N–H and O–H groups in total. The number of ether oxygens (including phenoxy) is 1. The molecular formula is C12H17N3O3S. The van der Waals surface area contributed by atoms with Crippen molar-refractivity contribution in [2.45, 2.75) is 6.92 Å². The SMILES string of the molecule is CCOC(=O)c1cc(N)cnc1N1CCS(=O)CC1. The van der Waals surface area contributed by atoms with E-state index in [-0.39, 0.29) is 0 Å². The fourth-order valence-electron chi connectivity index (χ4n) is 1.93. The van der Waals surface area contributed by atoms with Gasteiger partial charge in [0.2, 0.25) is 0 Å². The third kappa shape index (κ3) is 3.23. The average Bonchev–Trinajstić information content (AvgIpc) is 2.40. The van der Waals surface area contributed by atoms with Crippen molar-refractivity contribution >= 4 is 28.3 Å². The van der Waals surface area contributed by atoms with E-state index in [9.17, 15) is 9.00 Å². The Bertz CT molecular complexity index is 497. The van der Waals surface area contributed by atoms with Crippen molar-refractivity contribution in [2.75, 3.05) is 41.8 Å². The molecule has 0 radical (unpaired) electrons. The molecule has 19 heavy (non-hydrogen) atoms. The highest BCUT2D eigenvalue weighted by Gasteiger charge is 2.23. The predicted molar refractivity (Wildman–Crippen MR) is 74.7 cm³/mol. The monoisotopic (exact) mass is 283 g/mol. The summed E-state index contributed by atoms with van der Waals surface area (Å²) < 4.78 is 16.4. The van der Waals surface area contributed by atoms with Crippen LogP contribution in [0.15, 0.2) is 12.3 Å². The van der Waals surface area contributed by atoms with E-state index >= 15 is 0 Å². The van der Waals surface area contributed by atoms with Crippen molar-refractivity contribution < 1.29 is 13.7 Å². The van der Waals surface area contributed by atoms with Crippen LogP contribution in [0, 0.1) is 0 Å². The van der Waals surface area contributed by atoms with E-state index in [2.05, 4.69) is 4.98 Å². The molecule has 1 aromatic heterocycles. The molecule has 0 unspecified atom stereocenters. The molecule has 0 aromatic carbocycles. The van der Waals surface area contributed by atoms with Crippen LogP contribution in [0.3, 0.4) is 0 Å². The van der Waals surface area contributed by atoms with Gasteiger partial charge in [0.25, 0.3) is 0 Å². The zero-order valence-electron chi connectivity index (χ0n) is 10.8. The minimum Gasteiger partial charge on any atom is -0.462 e. The van der Waals surface area contributed by atoms with E-state index in [1.165, 1.54) is 6.20 Å². The first-order valence-electron chi connectivity index (χ1n) is 6.14. The molecule has 1 aliphatic rings. The maximum Gasteiger partial charge on any atom is 0.341 e. The number of nitrogens with zero attached hydrogens (tertiary/aromatic N) is 2. The molecule has 1 saturated heterocycles. The van der Waals surface area contributed by atoms with Gasteiger partial charge in [0.15, 0.2) is 0 Å². The summed E-state index contributed by atoms with van der Waals surface area (Å²) in [6.45, 7) is 3.30. The van der Waals surface area contributed by atoms with Gasteiger partial charge in [0, 0.05) is 35.4 Å². The zero-order valence-corrected chi connectivity index (χ0v) is 11.6. The molecule has 0 amide bonds. The molecule has 0 bridgehead atoms. The minimum atomic E-state index is -0.770. The summed E-state index contributed by atoms with van der Waals surface area (Å²) in [4.78, 5) is 18.1. The van der Waals surface area contributed by atoms with Crippen molar-refractivity contribution in [1.82, 2.24) is 4.98 Å². The van der Waals surface area contributed by atoms with Crippen LogP contribution in [0.4, 0.5) is 11.5 Å². The summed E-state index contributed by atoms with van der Waals surface area (Å²) in [5.41, 5.74) is 6.47. The van der Waals surface area contributed by atoms with Crippen LogP contribution < -0.4 is 10.6 Å². The highest BCUT2D eigenvalue weighted by molar-refractivity contribution is 7.85. The van der Waals surface area contributed by atoms with Crippen LogP contribution in [0.2, 0.25) is 0 Å². The van der Waals surface area contributed by atoms with Gasteiger partial charge in [0.1, 0.15) is 11.4 Å². The first kappa shape index (κ1) is 13.8. The first-order chi connectivity index (χ1) is 9.11. The summed E-state index contributed by atoms with van der Waals surface area (Å²) >= 11 is 0. The van der Waals surface area contributed by atoms with E-state index < -0.39 is 16.8 Å². The van der Waals surface area contributed by atoms with E-state index in [0.29, 0.717) is 48.3 Å². The van der Waals surface area contributed by atoms with E-state index in [0.717, 1.165) is 0 Å². The number of carbonyl (C=O) groups is 1. The topological polar surface area (TPSA) is 85.5 Å². The van der Waals surface area contributed by atoms with Crippen LogP contribution in [-0.4, -0.2) is 46.4 Å². The molecule has 104 valence electrons. The van der Waals surface area contributed by atoms with Crippen molar-refractivity contribution in [3.63, 3.8) is 0 Å². The van der Waals surface area contributed by atoms with E-state index in [1.54, 1.807) is 13.0 Å². The van der Waals surface area contributed by atoms with Gasteiger partial charge in [-0.1, -0.05) is 0 Å². The molecule has 2 rings (SSSR count). The number of nitrogen functional groups attached to an aromatic ring is 1. The molecular weight excluding hydrogens is 266 g/mol. The molecule has 1 aliphatic heterocycles. The summed E-state index contributed by atoms with van der Waals surface area (Å²) in [5, 5.41) is 0. The van der Waals surface area contributed by atoms with Crippen molar-refractivity contribution in [2.24, 2.45) is 0 Å². The summed E-state index contributed by atoms with van der Waals surface area (Å²) in [6.07, 6.45) is 1.52. The number of carbonyl (C=O) groups excluding carboxylic acids is 1. The van der Waals surface area contributed by atoms with E-state index in [1.807, 2.05) is 4.90 Å². The maximum atomic E-state index is 11.9. The fraction of sp³-hybridized carbons (Fsp3) is 0.500. The molecule has 6 nitrogen and oxygen atoms in total. The normalized spacial score (nSPS) is 16.4. The number of nitrogens with two attached hydrogens (primary N) is 1. The number of pyridine rings is 1. The Morgan fingerprint density at radius 3 is 2.84 bits per heavy atom. The second-order valence-corrected chi connectivity index (χ2v) is 5.89. The number of rotatable bonds is 3. The van der Waals surface area contributed by atoms with Gasteiger partial charge >= 0.3 is 5.97 Å². The van der Waals surface area contributed by atoms with Gasteiger partial charge in [-0.15, -0.1) is 0 Å². The van der Waals surface area contributed by atoms with Crippen LogP contribution in [-0.2, 0) is 15.5 Å². The smallest absolute Gasteiger partial charge is 0.341 e. The largest absolute Gasteiger partial charge is 0.462 e. The van der Waals surface area contributed by atoms with E-state index in [4.69, 9.17) is 10.5 Å². The Balaban J connectivity index is 2.28. The Morgan fingerprint density at radius 2 is 2.21 bits per heavy atom. The van der Waals surface area contributed by atoms with Gasteiger partial charge in [-0.25, -0.2) is 9.78 Å². The number of hydrogen-bond donors (Lipinski definition) is 1. The Hall–Kier alpha value is -1.63. The van der Waals surface area contributed by atoms with Crippen molar-refractivity contribution in [3.05, 3.63) is 17.8 Å².